The summed E-state index contributed by atoms with van der Waals surface area (Å²) in [7, 11) is -3.20. The highest BCUT2D eigenvalue weighted by Crippen LogP contribution is 2.22. The zero-order valence-corrected chi connectivity index (χ0v) is 16.1. The summed E-state index contributed by atoms with van der Waals surface area (Å²) in [6.45, 7) is 1.44. The molecule has 0 saturated carbocycles. The second-order valence-electron chi connectivity index (χ2n) is 6.74. The van der Waals surface area contributed by atoms with Gasteiger partial charge in [0.2, 0.25) is 5.91 Å². The van der Waals surface area contributed by atoms with Crippen molar-refractivity contribution >= 4 is 39.0 Å². The zero-order valence-electron chi connectivity index (χ0n) is 15.3. The van der Waals surface area contributed by atoms with E-state index in [0.717, 1.165) is 5.01 Å². The van der Waals surface area contributed by atoms with Gasteiger partial charge in [0.1, 0.15) is 5.71 Å². The Hall–Kier alpha value is -2.75. The number of benzene rings is 1. The molecule has 1 aromatic carbocycles. The Morgan fingerprint density at radius 2 is 1.96 bits per heavy atom. The van der Waals surface area contributed by atoms with E-state index in [9.17, 15) is 22.8 Å². The Kier molecular flexibility index (Phi) is 5.78. The third kappa shape index (κ3) is 4.75. The molecule has 10 heteroatoms. The number of hydrazone groups is 1. The zero-order chi connectivity index (χ0) is 20.3. The second-order valence-corrected chi connectivity index (χ2v) is 8.97. The van der Waals surface area contributed by atoms with Crippen LogP contribution < -0.4 is 5.32 Å². The van der Waals surface area contributed by atoms with Gasteiger partial charge >= 0.3 is 5.97 Å². The van der Waals surface area contributed by atoms with E-state index in [1.165, 1.54) is 6.92 Å². The maximum Gasteiger partial charge on any atom is 0.355 e. The first-order chi connectivity index (χ1) is 13.2. The molecule has 1 N–H and O–H groups in total. The molecule has 2 aliphatic rings. The van der Waals surface area contributed by atoms with Gasteiger partial charge in [0.05, 0.1) is 17.5 Å². The third-order valence-electron chi connectivity index (χ3n) is 4.54. The molecule has 9 nitrogen and oxygen atoms in total. The molecule has 28 heavy (non-hydrogen) atoms. The summed E-state index contributed by atoms with van der Waals surface area (Å²) in [5, 5.41) is 7.75. The number of para-hydroxylation sites is 1. The van der Waals surface area contributed by atoms with E-state index in [4.69, 9.17) is 4.74 Å². The van der Waals surface area contributed by atoms with Gasteiger partial charge in [0, 0.05) is 18.5 Å². The number of ether oxygens (including phenoxy) is 1. The molecular formula is C18H21N3O6S. The summed E-state index contributed by atoms with van der Waals surface area (Å²) in [6.07, 6.45) is -0.653. The molecule has 150 valence electrons. The van der Waals surface area contributed by atoms with E-state index in [1.54, 1.807) is 24.3 Å². The molecular weight excluding hydrogens is 386 g/mol. The van der Waals surface area contributed by atoms with Crippen molar-refractivity contribution in [2.75, 3.05) is 16.8 Å². The van der Waals surface area contributed by atoms with Crippen molar-refractivity contribution in [2.45, 2.75) is 38.3 Å². The minimum atomic E-state index is -3.20. The van der Waals surface area contributed by atoms with Gasteiger partial charge in [-0.25, -0.2) is 18.2 Å². The van der Waals surface area contributed by atoms with Crippen molar-refractivity contribution < 1.29 is 27.5 Å². The van der Waals surface area contributed by atoms with Gasteiger partial charge in [-0.3, -0.25) is 9.59 Å². The predicted molar refractivity (Wildman–Crippen MR) is 101 cm³/mol. The summed E-state index contributed by atoms with van der Waals surface area (Å²) >= 11 is 0. The van der Waals surface area contributed by atoms with Crippen LogP contribution in [0.1, 0.15) is 26.2 Å². The van der Waals surface area contributed by atoms with Gasteiger partial charge in [0.25, 0.3) is 5.91 Å². The summed E-state index contributed by atoms with van der Waals surface area (Å²) in [6, 6.07) is 8.17. The minimum absolute atomic E-state index is 0.00302. The molecule has 0 aliphatic carbocycles. The number of amides is 2. The first-order valence-electron chi connectivity index (χ1n) is 8.92. The lowest BCUT2D eigenvalue weighted by molar-refractivity contribution is -0.147. The largest absolute Gasteiger partial charge is 0.448 e. The van der Waals surface area contributed by atoms with Crippen LogP contribution in [-0.4, -0.2) is 60.6 Å². The number of rotatable bonds is 5. The normalized spacial score (nSPS) is 22.3. The summed E-state index contributed by atoms with van der Waals surface area (Å²) in [5.74, 6) is -1.79. The molecule has 0 bridgehead atoms. The van der Waals surface area contributed by atoms with Crippen molar-refractivity contribution in [3.8, 4) is 0 Å². The molecule has 0 spiro atoms. The van der Waals surface area contributed by atoms with Crippen LogP contribution >= 0.6 is 0 Å². The highest BCUT2D eigenvalue weighted by atomic mass is 32.2. The summed E-state index contributed by atoms with van der Waals surface area (Å²) in [5.41, 5.74) is 0.577. The maximum absolute atomic E-state index is 12.4. The maximum atomic E-state index is 12.4. The lowest BCUT2D eigenvalue weighted by Crippen LogP contribution is -2.42. The number of carbonyl (C=O) groups excluding carboxylic acids is 3. The topological polar surface area (TPSA) is 122 Å². The predicted octanol–water partition coefficient (Wildman–Crippen LogP) is 0.722. The Morgan fingerprint density at radius 3 is 2.61 bits per heavy atom. The van der Waals surface area contributed by atoms with Gasteiger partial charge in [0.15, 0.2) is 15.9 Å². The Labute approximate surface area is 162 Å². The van der Waals surface area contributed by atoms with Crippen molar-refractivity contribution in [2.24, 2.45) is 5.10 Å². The van der Waals surface area contributed by atoms with Gasteiger partial charge in [-0.15, -0.1) is 0 Å². The molecule has 2 aliphatic heterocycles. The fourth-order valence-electron chi connectivity index (χ4n) is 3.02. The number of sulfone groups is 1. The number of carbonyl (C=O) groups is 3. The Balaban J connectivity index is 1.63. The molecule has 0 radical (unpaired) electrons. The van der Waals surface area contributed by atoms with E-state index >= 15 is 0 Å². The molecule has 2 atom stereocenters. The average molecular weight is 407 g/mol. The van der Waals surface area contributed by atoms with Crippen molar-refractivity contribution in [1.82, 2.24) is 5.01 Å². The van der Waals surface area contributed by atoms with Crippen LogP contribution in [0.3, 0.4) is 0 Å². The van der Waals surface area contributed by atoms with E-state index < -0.39 is 33.9 Å². The van der Waals surface area contributed by atoms with E-state index in [1.807, 2.05) is 6.07 Å². The fourth-order valence-corrected chi connectivity index (χ4v) is 4.71. The van der Waals surface area contributed by atoms with E-state index in [2.05, 4.69) is 10.4 Å². The van der Waals surface area contributed by atoms with Crippen LogP contribution in [0.5, 0.6) is 0 Å². The minimum Gasteiger partial charge on any atom is -0.448 e. The highest BCUT2D eigenvalue weighted by Gasteiger charge is 2.37. The number of nitrogens with zero attached hydrogens (tertiary/aromatic N) is 2. The smallest absolute Gasteiger partial charge is 0.355 e. The average Bonchev–Trinajstić information content (AvgIpc) is 3.02. The SMILES string of the molecule is C[C@@H](OC(=O)C1=NN([C@H]2CCS(=O)(=O)C2)C(=O)CC1)C(=O)Nc1ccccc1. The Bertz CT molecular complexity index is 913. The van der Waals surface area contributed by atoms with Crippen molar-refractivity contribution in [3.63, 3.8) is 0 Å². The molecule has 0 unspecified atom stereocenters. The van der Waals surface area contributed by atoms with Gasteiger partial charge in [-0.1, -0.05) is 18.2 Å². The number of anilines is 1. The molecule has 2 amide bonds. The van der Waals surface area contributed by atoms with E-state index in [-0.39, 0.29) is 42.4 Å². The molecule has 1 fully saturated rings. The summed E-state index contributed by atoms with van der Waals surface area (Å²) < 4.78 is 28.5. The van der Waals surface area contributed by atoms with Gasteiger partial charge in [-0.05, 0) is 25.5 Å². The second kappa shape index (κ2) is 8.09. The quantitative estimate of drug-likeness (QED) is 0.718. The third-order valence-corrected chi connectivity index (χ3v) is 6.29. The van der Waals surface area contributed by atoms with Gasteiger partial charge in [-0.2, -0.15) is 5.10 Å². The van der Waals surface area contributed by atoms with Gasteiger partial charge < -0.3 is 10.1 Å². The fraction of sp³-hybridized carbons (Fsp3) is 0.444. The molecule has 2 heterocycles. The van der Waals surface area contributed by atoms with Crippen LogP contribution in [0.2, 0.25) is 0 Å². The lowest BCUT2D eigenvalue weighted by Gasteiger charge is -2.27. The standard InChI is InChI=1S/C18H21N3O6S/c1-12(17(23)19-13-5-3-2-4-6-13)27-18(24)15-7-8-16(22)21(20-15)14-9-10-28(25,26)11-14/h2-6,12,14H,7-11H2,1H3,(H,19,23)/t12-,14+/m1/s1. The van der Waals surface area contributed by atoms with Crippen molar-refractivity contribution in [1.29, 1.82) is 0 Å². The summed E-state index contributed by atoms with van der Waals surface area (Å²) in [4.78, 5) is 36.6. The van der Waals surface area contributed by atoms with Crippen LogP contribution in [0, 0.1) is 0 Å². The first-order valence-corrected chi connectivity index (χ1v) is 10.7. The first kappa shape index (κ1) is 20.0. The van der Waals surface area contributed by atoms with Crippen LogP contribution in [0.4, 0.5) is 5.69 Å². The monoisotopic (exact) mass is 407 g/mol. The molecule has 0 aromatic heterocycles. The molecule has 1 saturated heterocycles. The number of nitrogens with one attached hydrogen (secondary N) is 1. The molecule has 1 aromatic rings. The van der Waals surface area contributed by atoms with Crippen molar-refractivity contribution in [3.05, 3.63) is 30.3 Å². The van der Waals surface area contributed by atoms with E-state index in [0.29, 0.717) is 5.69 Å². The van der Waals surface area contributed by atoms with Crippen LogP contribution in [0.25, 0.3) is 0 Å². The van der Waals surface area contributed by atoms with Crippen LogP contribution in [0.15, 0.2) is 35.4 Å². The number of esters is 1. The highest BCUT2D eigenvalue weighted by molar-refractivity contribution is 7.91. The van der Waals surface area contributed by atoms with Crippen LogP contribution in [-0.2, 0) is 29.0 Å². The number of hydrogen-bond acceptors (Lipinski definition) is 7. The number of hydrogen-bond donors (Lipinski definition) is 1. The Morgan fingerprint density at radius 1 is 1.25 bits per heavy atom. The lowest BCUT2D eigenvalue weighted by atomic mass is 10.1. The molecule has 3 rings (SSSR count).